The third kappa shape index (κ3) is 4.04. The van der Waals surface area contributed by atoms with E-state index in [1.54, 1.807) is 18.3 Å². The van der Waals surface area contributed by atoms with Crippen molar-refractivity contribution in [2.45, 2.75) is 13.8 Å². The summed E-state index contributed by atoms with van der Waals surface area (Å²) in [6.45, 7) is 4.24. The van der Waals surface area contributed by atoms with Crippen LogP contribution in [0.5, 0.6) is 5.75 Å². The van der Waals surface area contributed by atoms with Crippen molar-refractivity contribution < 1.29 is 4.74 Å². The van der Waals surface area contributed by atoms with E-state index in [1.165, 1.54) is 11.1 Å². The molecule has 0 saturated heterocycles. The molecule has 0 aliphatic rings. The molecule has 0 bridgehead atoms. The van der Waals surface area contributed by atoms with Gasteiger partial charge in [-0.25, -0.2) is 0 Å². The highest BCUT2D eigenvalue weighted by Crippen LogP contribution is 2.34. The number of ether oxygens (including phenoxy) is 1. The number of nitrogens with zero attached hydrogens (tertiary/aromatic N) is 1. The van der Waals surface area contributed by atoms with E-state index in [2.05, 4.69) is 24.8 Å². The summed E-state index contributed by atoms with van der Waals surface area (Å²) in [6.07, 6.45) is 6.87. The maximum Gasteiger partial charge on any atom is 0.157 e. The zero-order valence-corrected chi connectivity index (χ0v) is 13.9. The first-order valence-electron chi connectivity index (χ1n) is 6.68. The molecule has 2 rings (SSSR count). The lowest BCUT2D eigenvalue weighted by molar-refractivity contribution is 0.371. The van der Waals surface area contributed by atoms with Gasteiger partial charge in [0, 0.05) is 6.21 Å². The number of hydrogen-bond acceptors (Lipinski definition) is 2. The fourth-order valence-corrected chi connectivity index (χ4v) is 2.47. The molecule has 2 aromatic rings. The standard InChI is InChI=1S/C18H15Cl2NO/c1-4-7-22-18-16(19)9-14(10-17(18)20)11-21-15-6-5-12(2)13(3)8-15/h1,5-6,8-11H,7H2,2-3H3. The number of rotatable bonds is 4. The van der Waals surface area contributed by atoms with Gasteiger partial charge in [-0.1, -0.05) is 35.2 Å². The van der Waals surface area contributed by atoms with Gasteiger partial charge in [0.15, 0.2) is 5.75 Å². The second-order valence-electron chi connectivity index (χ2n) is 4.83. The minimum atomic E-state index is 0.121. The molecule has 0 spiro atoms. The number of hydrogen-bond donors (Lipinski definition) is 0. The van der Waals surface area contributed by atoms with Crippen LogP contribution < -0.4 is 4.74 Å². The Hall–Kier alpha value is -1.95. The van der Waals surface area contributed by atoms with Crippen LogP contribution in [-0.4, -0.2) is 12.8 Å². The Bertz CT molecular complexity index is 737. The van der Waals surface area contributed by atoms with E-state index >= 15 is 0 Å². The summed E-state index contributed by atoms with van der Waals surface area (Å²) in [6, 6.07) is 9.51. The summed E-state index contributed by atoms with van der Waals surface area (Å²) < 4.78 is 5.32. The van der Waals surface area contributed by atoms with Crippen LogP contribution in [0.3, 0.4) is 0 Å². The van der Waals surface area contributed by atoms with Crippen molar-refractivity contribution in [3.63, 3.8) is 0 Å². The lowest BCUT2D eigenvalue weighted by Gasteiger charge is -2.08. The minimum Gasteiger partial charge on any atom is -0.478 e. The highest BCUT2D eigenvalue weighted by atomic mass is 35.5. The van der Waals surface area contributed by atoms with Gasteiger partial charge in [0.1, 0.15) is 6.61 Å². The van der Waals surface area contributed by atoms with E-state index in [9.17, 15) is 0 Å². The van der Waals surface area contributed by atoms with Gasteiger partial charge in [0.2, 0.25) is 0 Å². The first-order chi connectivity index (χ1) is 10.5. The van der Waals surface area contributed by atoms with Gasteiger partial charge in [-0.3, -0.25) is 4.99 Å². The first kappa shape index (κ1) is 16.4. The number of aryl methyl sites for hydroxylation is 2. The Kier molecular flexibility index (Phi) is 5.49. The summed E-state index contributed by atoms with van der Waals surface area (Å²) in [7, 11) is 0. The van der Waals surface area contributed by atoms with E-state index in [1.807, 2.05) is 18.2 Å². The van der Waals surface area contributed by atoms with Gasteiger partial charge < -0.3 is 4.74 Å². The van der Waals surface area contributed by atoms with E-state index in [0.29, 0.717) is 15.8 Å². The van der Waals surface area contributed by atoms with Crippen molar-refractivity contribution in [1.82, 2.24) is 0 Å². The van der Waals surface area contributed by atoms with Crippen molar-refractivity contribution in [2.24, 2.45) is 4.99 Å². The van der Waals surface area contributed by atoms with Crippen molar-refractivity contribution in [3.8, 4) is 18.1 Å². The molecule has 0 heterocycles. The third-order valence-corrected chi connectivity index (χ3v) is 3.74. The molecule has 0 saturated carbocycles. The van der Waals surface area contributed by atoms with Gasteiger partial charge in [0.25, 0.3) is 0 Å². The van der Waals surface area contributed by atoms with Crippen LogP contribution >= 0.6 is 23.2 Å². The smallest absolute Gasteiger partial charge is 0.157 e. The van der Waals surface area contributed by atoms with Crippen molar-refractivity contribution >= 4 is 35.1 Å². The number of aliphatic imine (C=N–C) groups is 1. The molecule has 0 amide bonds. The van der Waals surface area contributed by atoms with Crippen LogP contribution in [0, 0.1) is 26.2 Å². The van der Waals surface area contributed by atoms with E-state index in [4.69, 9.17) is 34.4 Å². The summed E-state index contributed by atoms with van der Waals surface area (Å²) in [5.74, 6) is 2.77. The largest absolute Gasteiger partial charge is 0.478 e. The van der Waals surface area contributed by atoms with Gasteiger partial charge in [-0.05, 0) is 54.8 Å². The quantitative estimate of drug-likeness (QED) is 0.545. The molecule has 2 nitrogen and oxygen atoms in total. The molecule has 22 heavy (non-hydrogen) atoms. The molecule has 0 radical (unpaired) electrons. The minimum absolute atomic E-state index is 0.121. The predicted octanol–water partition coefficient (Wildman–Crippen LogP) is 5.37. The Morgan fingerprint density at radius 3 is 2.41 bits per heavy atom. The van der Waals surface area contributed by atoms with Gasteiger partial charge in [-0.2, -0.15) is 0 Å². The SMILES string of the molecule is C#CCOc1c(Cl)cc(C=Nc2ccc(C)c(C)c2)cc1Cl. The van der Waals surface area contributed by atoms with E-state index in [0.717, 1.165) is 11.3 Å². The lowest BCUT2D eigenvalue weighted by Crippen LogP contribution is -1.96. The third-order valence-electron chi connectivity index (χ3n) is 3.17. The van der Waals surface area contributed by atoms with Crippen molar-refractivity contribution in [2.75, 3.05) is 6.61 Å². The summed E-state index contributed by atoms with van der Waals surface area (Å²) in [5.41, 5.74) is 4.10. The molecule has 0 unspecified atom stereocenters. The number of halogens is 2. The predicted molar refractivity (Wildman–Crippen MR) is 94.0 cm³/mol. The zero-order chi connectivity index (χ0) is 16.1. The van der Waals surface area contributed by atoms with Gasteiger partial charge >= 0.3 is 0 Å². The topological polar surface area (TPSA) is 21.6 Å². The zero-order valence-electron chi connectivity index (χ0n) is 12.4. The fourth-order valence-electron chi connectivity index (χ4n) is 1.86. The van der Waals surface area contributed by atoms with Crippen molar-refractivity contribution in [1.29, 1.82) is 0 Å². The highest BCUT2D eigenvalue weighted by Gasteiger charge is 2.08. The molecule has 0 atom stereocenters. The Labute approximate surface area is 140 Å². The molecule has 0 aromatic heterocycles. The molecule has 0 fully saturated rings. The van der Waals surface area contributed by atoms with E-state index in [-0.39, 0.29) is 6.61 Å². The van der Waals surface area contributed by atoms with Crippen LogP contribution in [0.15, 0.2) is 35.3 Å². The Balaban J connectivity index is 2.24. The highest BCUT2D eigenvalue weighted by molar-refractivity contribution is 6.37. The van der Waals surface area contributed by atoms with E-state index < -0.39 is 0 Å². The molecule has 0 aliphatic carbocycles. The second kappa shape index (κ2) is 7.35. The van der Waals surface area contributed by atoms with Crippen LogP contribution in [-0.2, 0) is 0 Å². The first-order valence-corrected chi connectivity index (χ1v) is 7.43. The molecule has 2 aromatic carbocycles. The molecule has 112 valence electrons. The van der Waals surface area contributed by atoms with Gasteiger partial charge in [-0.15, -0.1) is 6.42 Å². The molecular weight excluding hydrogens is 317 g/mol. The van der Waals surface area contributed by atoms with Gasteiger partial charge in [0.05, 0.1) is 15.7 Å². The average Bonchev–Trinajstić information content (AvgIpc) is 2.48. The molecule has 0 N–H and O–H groups in total. The summed E-state index contributed by atoms with van der Waals surface area (Å²) >= 11 is 12.3. The van der Waals surface area contributed by atoms with Crippen LogP contribution in [0.25, 0.3) is 0 Å². The molecule has 0 aliphatic heterocycles. The van der Waals surface area contributed by atoms with Crippen LogP contribution in [0.1, 0.15) is 16.7 Å². The number of terminal acetylenes is 1. The fraction of sp³-hybridized carbons (Fsp3) is 0.167. The molecular formula is C18H15Cl2NO. The van der Waals surface area contributed by atoms with Crippen LogP contribution in [0.2, 0.25) is 10.0 Å². The Morgan fingerprint density at radius 2 is 1.82 bits per heavy atom. The van der Waals surface area contributed by atoms with Crippen molar-refractivity contribution in [3.05, 3.63) is 57.1 Å². The Morgan fingerprint density at radius 1 is 1.14 bits per heavy atom. The second-order valence-corrected chi connectivity index (χ2v) is 5.65. The normalized spacial score (nSPS) is 10.7. The monoisotopic (exact) mass is 331 g/mol. The average molecular weight is 332 g/mol. The molecule has 4 heteroatoms. The lowest BCUT2D eigenvalue weighted by atomic mass is 10.1. The summed E-state index contributed by atoms with van der Waals surface area (Å²) in [4.78, 5) is 4.44. The summed E-state index contributed by atoms with van der Waals surface area (Å²) in [5, 5.41) is 0.813. The maximum absolute atomic E-state index is 6.16. The maximum atomic E-state index is 6.16. The van der Waals surface area contributed by atoms with Crippen LogP contribution in [0.4, 0.5) is 5.69 Å². The number of benzene rings is 2.